The maximum atomic E-state index is 11.4. The van der Waals surface area contributed by atoms with Crippen molar-refractivity contribution in [2.75, 3.05) is 0 Å². The van der Waals surface area contributed by atoms with Gasteiger partial charge in [-0.3, -0.25) is 4.79 Å². The number of aliphatic carboxylic acids is 1. The third-order valence-electron chi connectivity index (χ3n) is 6.39. The lowest BCUT2D eigenvalue weighted by Crippen LogP contribution is -2.13. The van der Waals surface area contributed by atoms with Crippen LogP contribution in [-0.2, 0) is 11.2 Å². The van der Waals surface area contributed by atoms with E-state index in [4.69, 9.17) is 9.26 Å². The number of aryl methyl sites for hydroxylation is 1. The zero-order chi connectivity index (χ0) is 24.2. The van der Waals surface area contributed by atoms with Gasteiger partial charge in [0.25, 0.3) is 0 Å². The van der Waals surface area contributed by atoms with Crippen LogP contribution in [0.15, 0.2) is 95.8 Å². The minimum Gasteiger partial charge on any atom is -0.485 e. The van der Waals surface area contributed by atoms with Crippen molar-refractivity contribution in [3.63, 3.8) is 0 Å². The topological polar surface area (TPSA) is 88.3 Å². The number of hydrogen-bond acceptors (Lipinski definition) is 4. The van der Waals surface area contributed by atoms with Crippen molar-refractivity contribution < 1.29 is 19.2 Å². The van der Waals surface area contributed by atoms with Gasteiger partial charge in [-0.25, -0.2) is 0 Å². The Bertz CT molecular complexity index is 1410. The van der Waals surface area contributed by atoms with E-state index in [9.17, 15) is 9.90 Å². The lowest BCUT2D eigenvalue weighted by molar-refractivity contribution is -0.137. The molecule has 0 spiro atoms. The molecule has 2 unspecified atom stereocenters. The van der Waals surface area contributed by atoms with Gasteiger partial charge in [-0.2, -0.15) is 0 Å². The molecule has 0 saturated heterocycles. The summed E-state index contributed by atoms with van der Waals surface area (Å²) in [6.45, 7) is 2.12. The van der Waals surface area contributed by atoms with Gasteiger partial charge in [0.2, 0.25) is 0 Å². The minimum atomic E-state index is -0.892. The van der Waals surface area contributed by atoms with Crippen LogP contribution in [0.25, 0.3) is 10.9 Å². The van der Waals surface area contributed by atoms with Gasteiger partial charge < -0.3 is 19.4 Å². The van der Waals surface area contributed by atoms with Crippen molar-refractivity contribution >= 4 is 16.9 Å². The maximum Gasteiger partial charge on any atom is 0.304 e. The number of aromatic nitrogens is 2. The summed E-state index contributed by atoms with van der Waals surface area (Å²) >= 11 is 0. The van der Waals surface area contributed by atoms with Gasteiger partial charge >= 0.3 is 5.97 Å². The summed E-state index contributed by atoms with van der Waals surface area (Å²) in [5.74, 6) is -0.565. The fraction of sp³-hybridized carbons (Fsp3) is 0.172. The zero-order valence-electron chi connectivity index (χ0n) is 19.3. The van der Waals surface area contributed by atoms with Gasteiger partial charge in [0.05, 0.1) is 12.1 Å². The Labute approximate surface area is 203 Å². The first-order valence-corrected chi connectivity index (χ1v) is 11.6. The smallest absolute Gasteiger partial charge is 0.304 e. The second-order valence-corrected chi connectivity index (χ2v) is 8.66. The Kier molecular flexibility index (Phi) is 6.35. The molecule has 2 N–H and O–H groups in total. The molecule has 0 aliphatic rings. The first-order valence-electron chi connectivity index (χ1n) is 11.6. The van der Waals surface area contributed by atoms with E-state index in [0.717, 1.165) is 34.4 Å². The molecule has 6 heteroatoms. The number of carboxylic acids is 1. The van der Waals surface area contributed by atoms with Crippen molar-refractivity contribution in [2.45, 2.75) is 31.8 Å². The first kappa shape index (κ1) is 22.5. The molecule has 0 bridgehead atoms. The largest absolute Gasteiger partial charge is 0.485 e. The average Bonchev–Trinajstić information content (AvgIpc) is 3.56. The number of rotatable bonds is 9. The summed E-state index contributed by atoms with van der Waals surface area (Å²) in [5, 5.41) is 14.5. The van der Waals surface area contributed by atoms with E-state index in [0.29, 0.717) is 5.69 Å². The molecule has 0 radical (unpaired) electrons. The summed E-state index contributed by atoms with van der Waals surface area (Å²) in [6.07, 6.45) is 3.87. The fourth-order valence-corrected chi connectivity index (χ4v) is 4.60. The van der Waals surface area contributed by atoms with Gasteiger partial charge in [0.1, 0.15) is 18.1 Å². The highest BCUT2D eigenvalue weighted by Crippen LogP contribution is 2.33. The van der Waals surface area contributed by atoms with Crippen molar-refractivity contribution in [2.24, 2.45) is 0 Å². The lowest BCUT2D eigenvalue weighted by Gasteiger charge is -2.22. The SMILES string of the molecule is Cc1c(C(Cc2ccccc2)Oc2ccc(C(CC(=O)O)c3ccon3)cc2)ccc2cc[nH]c12. The number of hydrogen-bond donors (Lipinski definition) is 2. The first-order chi connectivity index (χ1) is 17.1. The normalized spacial score (nSPS) is 12.9. The number of carbonyl (C=O) groups is 1. The summed E-state index contributed by atoms with van der Waals surface area (Å²) in [5.41, 5.74) is 6.03. The molecule has 0 fully saturated rings. The van der Waals surface area contributed by atoms with Gasteiger partial charge in [-0.15, -0.1) is 0 Å². The van der Waals surface area contributed by atoms with Crippen molar-refractivity contribution in [3.8, 4) is 5.75 Å². The van der Waals surface area contributed by atoms with Crippen molar-refractivity contribution in [3.05, 3.63) is 119 Å². The number of fused-ring (bicyclic) bond motifs is 1. The predicted molar refractivity (Wildman–Crippen MR) is 134 cm³/mol. The number of benzene rings is 3. The molecule has 2 aromatic heterocycles. The highest BCUT2D eigenvalue weighted by Gasteiger charge is 2.22. The van der Waals surface area contributed by atoms with Gasteiger partial charge in [-0.1, -0.05) is 59.8 Å². The molecular formula is C29H26N2O4. The monoisotopic (exact) mass is 466 g/mol. The summed E-state index contributed by atoms with van der Waals surface area (Å²) in [4.78, 5) is 14.8. The molecule has 5 aromatic rings. The van der Waals surface area contributed by atoms with Crippen LogP contribution in [0.2, 0.25) is 0 Å². The van der Waals surface area contributed by atoms with Gasteiger partial charge in [0, 0.05) is 30.1 Å². The number of ether oxygens (including phenoxy) is 1. The summed E-state index contributed by atoms with van der Waals surface area (Å²) in [7, 11) is 0. The van der Waals surface area contributed by atoms with Crippen LogP contribution >= 0.6 is 0 Å². The third kappa shape index (κ3) is 4.96. The molecule has 2 atom stereocenters. The Balaban J connectivity index is 1.45. The van der Waals surface area contributed by atoms with Crippen LogP contribution in [-0.4, -0.2) is 21.2 Å². The summed E-state index contributed by atoms with van der Waals surface area (Å²) in [6, 6.07) is 25.9. The zero-order valence-corrected chi connectivity index (χ0v) is 19.3. The van der Waals surface area contributed by atoms with Gasteiger partial charge in [0.15, 0.2) is 0 Å². The van der Waals surface area contributed by atoms with Crippen LogP contribution in [0.4, 0.5) is 0 Å². The number of nitrogens with zero attached hydrogens (tertiary/aromatic N) is 1. The Hall–Kier alpha value is -4.32. The molecule has 0 aliphatic carbocycles. The molecule has 0 aliphatic heterocycles. The fourth-order valence-electron chi connectivity index (χ4n) is 4.60. The molecule has 35 heavy (non-hydrogen) atoms. The molecule has 0 saturated carbocycles. The van der Waals surface area contributed by atoms with Gasteiger partial charge in [-0.05, 0) is 52.8 Å². The van der Waals surface area contributed by atoms with E-state index in [1.165, 1.54) is 17.2 Å². The number of H-pyrrole nitrogens is 1. The van der Waals surface area contributed by atoms with Crippen LogP contribution < -0.4 is 4.74 Å². The Morgan fingerprint density at radius 2 is 1.83 bits per heavy atom. The quantitative estimate of drug-likeness (QED) is 0.261. The molecule has 3 aromatic carbocycles. The van der Waals surface area contributed by atoms with E-state index in [2.05, 4.69) is 47.4 Å². The molecule has 176 valence electrons. The molecule has 2 heterocycles. The Morgan fingerprint density at radius 3 is 2.54 bits per heavy atom. The van der Waals surface area contributed by atoms with E-state index in [-0.39, 0.29) is 12.5 Å². The standard InChI is InChI=1S/C29H26N2O4/c1-19-24(12-9-22-13-15-30-29(19)22)27(17-20-5-3-2-4-6-20)35-23-10-7-21(8-11-23)25(18-28(32)33)26-14-16-34-31-26/h2-16,25,27,30H,17-18H2,1H3,(H,32,33). The van der Waals surface area contributed by atoms with Crippen molar-refractivity contribution in [1.82, 2.24) is 10.1 Å². The van der Waals surface area contributed by atoms with Crippen LogP contribution in [0.1, 0.15) is 46.4 Å². The number of nitrogens with one attached hydrogen (secondary N) is 1. The molecule has 5 rings (SSSR count). The number of carboxylic acid groups (broad SMARTS) is 1. The average molecular weight is 467 g/mol. The second kappa shape index (κ2) is 9.89. The molecule has 6 nitrogen and oxygen atoms in total. The van der Waals surface area contributed by atoms with E-state index in [1.807, 2.05) is 48.7 Å². The second-order valence-electron chi connectivity index (χ2n) is 8.66. The van der Waals surface area contributed by atoms with E-state index >= 15 is 0 Å². The highest BCUT2D eigenvalue weighted by molar-refractivity contribution is 5.83. The summed E-state index contributed by atoms with van der Waals surface area (Å²) < 4.78 is 11.5. The predicted octanol–water partition coefficient (Wildman–Crippen LogP) is 6.43. The van der Waals surface area contributed by atoms with Crippen LogP contribution in [0, 0.1) is 6.92 Å². The lowest BCUT2D eigenvalue weighted by atomic mass is 9.92. The molecular weight excluding hydrogens is 440 g/mol. The molecule has 0 amide bonds. The highest BCUT2D eigenvalue weighted by atomic mass is 16.5. The Morgan fingerprint density at radius 1 is 1.03 bits per heavy atom. The van der Waals surface area contributed by atoms with Crippen molar-refractivity contribution in [1.29, 1.82) is 0 Å². The van der Waals surface area contributed by atoms with E-state index < -0.39 is 11.9 Å². The van der Waals surface area contributed by atoms with E-state index in [1.54, 1.807) is 6.07 Å². The van der Waals surface area contributed by atoms with Crippen LogP contribution in [0.3, 0.4) is 0 Å². The van der Waals surface area contributed by atoms with Crippen LogP contribution in [0.5, 0.6) is 5.75 Å². The minimum absolute atomic E-state index is 0.0707. The number of aromatic amines is 1. The maximum absolute atomic E-state index is 11.4. The third-order valence-corrected chi connectivity index (χ3v) is 6.39.